The first kappa shape index (κ1) is 19.2. The van der Waals surface area contributed by atoms with Crippen molar-refractivity contribution in [1.82, 2.24) is 15.1 Å². The summed E-state index contributed by atoms with van der Waals surface area (Å²) in [4.78, 5) is 26.1. The van der Waals surface area contributed by atoms with Crippen LogP contribution in [-0.4, -0.2) is 51.8 Å². The van der Waals surface area contributed by atoms with Crippen LogP contribution < -0.4 is 0 Å². The molecule has 0 bridgehead atoms. The third-order valence-electron chi connectivity index (χ3n) is 4.41. The first-order valence-corrected chi connectivity index (χ1v) is 8.49. The number of carbonyl (C=O) groups excluding carboxylic acids is 2. The minimum atomic E-state index is -4.62. The Morgan fingerprint density at radius 3 is 2.48 bits per heavy atom. The van der Waals surface area contributed by atoms with E-state index in [1.807, 2.05) is 0 Å². The van der Waals surface area contributed by atoms with Crippen molar-refractivity contribution < 1.29 is 27.5 Å². The van der Waals surface area contributed by atoms with E-state index in [9.17, 15) is 22.8 Å². The lowest BCUT2D eigenvalue weighted by atomic mass is 9.95. The van der Waals surface area contributed by atoms with Crippen molar-refractivity contribution in [3.05, 3.63) is 30.0 Å². The van der Waals surface area contributed by atoms with Crippen molar-refractivity contribution >= 4 is 22.8 Å². The van der Waals surface area contributed by atoms with E-state index in [4.69, 9.17) is 4.74 Å². The number of likely N-dealkylation sites (tertiary alicyclic amines) is 1. The molecule has 1 amide bonds. The fourth-order valence-corrected chi connectivity index (χ4v) is 3.19. The van der Waals surface area contributed by atoms with Crippen molar-refractivity contribution in [1.29, 1.82) is 0 Å². The lowest BCUT2D eigenvalue weighted by molar-refractivity contribution is -0.194. The summed E-state index contributed by atoms with van der Waals surface area (Å²) in [7, 11) is 0. The molecule has 3 rings (SSSR count). The van der Waals surface area contributed by atoms with Crippen LogP contribution in [0, 0.1) is 11.8 Å². The van der Waals surface area contributed by atoms with Crippen LogP contribution in [0.5, 0.6) is 0 Å². The summed E-state index contributed by atoms with van der Waals surface area (Å²) in [6.45, 7) is 3.79. The molecule has 0 spiro atoms. The standard InChI is InChI=1S/C18H20F3N3O3/c1-17(2,3)27-16(26)11-8-24(9-12(11)18(19,20)21)15(25)14-10-6-4-5-7-13(10)22-23-14/h4-7,11-12H,8-9H2,1-3H3,(H,22,23)/t11-,12-/m1/s1. The summed E-state index contributed by atoms with van der Waals surface area (Å²) in [5.74, 6) is -5.03. The number of fused-ring (bicyclic) bond motifs is 1. The monoisotopic (exact) mass is 383 g/mol. The first-order valence-electron chi connectivity index (χ1n) is 8.49. The number of hydrogen-bond donors (Lipinski definition) is 1. The molecular formula is C18H20F3N3O3. The number of rotatable bonds is 2. The molecule has 2 atom stereocenters. The second-order valence-corrected chi connectivity index (χ2v) is 7.62. The molecule has 1 aromatic heterocycles. The van der Waals surface area contributed by atoms with Crippen molar-refractivity contribution in [3.8, 4) is 0 Å². The Balaban J connectivity index is 1.87. The van der Waals surface area contributed by atoms with Gasteiger partial charge < -0.3 is 9.64 Å². The van der Waals surface area contributed by atoms with Crippen molar-refractivity contribution in [3.63, 3.8) is 0 Å². The summed E-state index contributed by atoms with van der Waals surface area (Å²) in [6.07, 6.45) is -4.62. The number of benzene rings is 1. The van der Waals surface area contributed by atoms with E-state index < -0.39 is 42.0 Å². The minimum absolute atomic E-state index is 0.0383. The van der Waals surface area contributed by atoms with Gasteiger partial charge in [-0.05, 0) is 26.8 Å². The highest BCUT2D eigenvalue weighted by Gasteiger charge is 2.54. The molecule has 2 heterocycles. The number of ether oxygens (including phenoxy) is 1. The SMILES string of the molecule is CC(C)(C)OC(=O)[C@@H]1CN(C(=O)c2n[nH]c3ccccc23)C[C@H]1C(F)(F)F. The van der Waals surface area contributed by atoms with Gasteiger partial charge in [0.25, 0.3) is 5.91 Å². The quantitative estimate of drug-likeness (QED) is 0.809. The molecule has 0 unspecified atom stereocenters. The third-order valence-corrected chi connectivity index (χ3v) is 4.41. The Labute approximate surface area is 153 Å². The van der Waals surface area contributed by atoms with Gasteiger partial charge >= 0.3 is 12.1 Å². The number of esters is 1. The average Bonchev–Trinajstić information content (AvgIpc) is 3.17. The number of amides is 1. The third kappa shape index (κ3) is 3.91. The Kier molecular flexibility index (Phi) is 4.65. The van der Waals surface area contributed by atoms with E-state index in [2.05, 4.69) is 10.2 Å². The Morgan fingerprint density at radius 1 is 1.19 bits per heavy atom. The number of halogens is 3. The minimum Gasteiger partial charge on any atom is -0.460 e. The highest BCUT2D eigenvalue weighted by Crippen LogP contribution is 2.39. The molecule has 1 N–H and O–H groups in total. The lowest BCUT2D eigenvalue weighted by Gasteiger charge is -2.25. The molecule has 1 saturated heterocycles. The van der Waals surface area contributed by atoms with Crippen molar-refractivity contribution in [2.45, 2.75) is 32.5 Å². The van der Waals surface area contributed by atoms with Gasteiger partial charge in [-0.2, -0.15) is 18.3 Å². The number of para-hydroxylation sites is 1. The zero-order valence-corrected chi connectivity index (χ0v) is 15.1. The average molecular weight is 383 g/mol. The predicted molar refractivity (Wildman–Crippen MR) is 90.9 cm³/mol. The maximum atomic E-state index is 13.5. The Morgan fingerprint density at radius 2 is 1.85 bits per heavy atom. The van der Waals surface area contributed by atoms with Crippen LogP contribution in [0.25, 0.3) is 10.9 Å². The molecule has 1 aliphatic rings. The summed E-state index contributed by atoms with van der Waals surface area (Å²) < 4.78 is 45.5. The van der Waals surface area contributed by atoms with Gasteiger partial charge in [0.1, 0.15) is 5.60 Å². The summed E-state index contributed by atoms with van der Waals surface area (Å²) in [5.41, 5.74) is -0.268. The topological polar surface area (TPSA) is 75.3 Å². The number of hydrogen-bond acceptors (Lipinski definition) is 4. The summed E-state index contributed by atoms with van der Waals surface area (Å²) >= 11 is 0. The maximum Gasteiger partial charge on any atom is 0.394 e. The van der Waals surface area contributed by atoms with Crippen molar-refractivity contribution in [2.75, 3.05) is 13.1 Å². The molecule has 1 fully saturated rings. The summed E-state index contributed by atoms with van der Waals surface area (Å²) in [6, 6.07) is 6.84. The predicted octanol–water partition coefficient (Wildman–Crippen LogP) is 3.16. The zero-order valence-electron chi connectivity index (χ0n) is 15.1. The lowest BCUT2D eigenvalue weighted by Crippen LogP contribution is -2.37. The van der Waals surface area contributed by atoms with Crippen LogP contribution in [-0.2, 0) is 9.53 Å². The van der Waals surface area contributed by atoms with Crippen LogP contribution in [0.1, 0.15) is 31.3 Å². The first-order chi connectivity index (χ1) is 12.5. The molecule has 1 aromatic carbocycles. The smallest absolute Gasteiger partial charge is 0.394 e. The Bertz CT molecular complexity index is 870. The molecule has 9 heteroatoms. The molecule has 0 radical (unpaired) electrons. The van der Waals surface area contributed by atoms with E-state index in [0.717, 1.165) is 4.90 Å². The fourth-order valence-electron chi connectivity index (χ4n) is 3.19. The Hall–Kier alpha value is -2.58. The van der Waals surface area contributed by atoms with Gasteiger partial charge in [-0.1, -0.05) is 18.2 Å². The van der Waals surface area contributed by atoms with E-state index in [0.29, 0.717) is 10.9 Å². The van der Waals surface area contributed by atoms with Crippen LogP contribution in [0.4, 0.5) is 13.2 Å². The molecule has 0 aliphatic carbocycles. The number of carbonyl (C=O) groups is 2. The molecule has 1 aliphatic heterocycles. The van der Waals surface area contributed by atoms with Gasteiger partial charge in [-0.3, -0.25) is 14.7 Å². The number of aromatic amines is 1. The van der Waals surface area contributed by atoms with E-state index in [1.165, 1.54) is 0 Å². The van der Waals surface area contributed by atoms with Gasteiger partial charge in [0.2, 0.25) is 0 Å². The van der Waals surface area contributed by atoms with E-state index in [1.54, 1.807) is 45.0 Å². The molecule has 146 valence electrons. The van der Waals surface area contributed by atoms with Gasteiger partial charge in [0.15, 0.2) is 5.69 Å². The second-order valence-electron chi connectivity index (χ2n) is 7.62. The van der Waals surface area contributed by atoms with Crippen molar-refractivity contribution in [2.24, 2.45) is 11.8 Å². The number of alkyl halides is 3. The molecular weight excluding hydrogens is 363 g/mol. The highest BCUT2D eigenvalue weighted by molar-refractivity contribution is 6.04. The van der Waals surface area contributed by atoms with Gasteiger partial charge in [-0.15, -0.1) is 0 Å². The van der Waals surface area contributed by atoms with Gasteiger partial charge in [0, 0.05) is 18.5 Å². The maximum absolute atomic E-state index is 13.5. The van der Waals surface area contributed by atoms with Gasteiger partial charge in [-0.25, -0.2) is 0 Å². The second kappa shape index (κ2) is 6.54. The molecule has 0 saturated carbocycles. The largest absolute Gasteiger partial charge is 0.460 e. The van der Waals surface area contributed by atoms with E-state index in [-0.39, 0.29) is 12.2 Å². The molecule has 6 nitrogen and oxygen atoms in total. The number of aromatic nitrogens is 2. The van der Waals surface area contributed by atoms with Crippen LogP contribution in [0.2, 0.25) is 0 Å². The molecule has 27 heavy (non-hydrogen) atoms. The van der Waals surface area contributed by atoms with E-state index >= 15 is 0 Å². The molecule has 2 aromatic rings. The number of nitrogens with zero attached hydrogens (tertiary/aromatic N) is 2. The highest BCUT2D eigenvalue weighted by atomic mass is 19.4. The zero-order chi connectivity index (χ0) is 20.0. The van der Waals surface area contributed by atoms with Crippen LogP contribution in [0.15, 0.2) is 24.3 Å². The normalized spacial score (nSPS) is 20.9. The van der Waals surface area contributed by atoms with Crippen LogP contribution in [0.3, 0.4) is 0 Å². The summed E-state index contributed by atoms with van der Waals surface area (Å²) in [5, 5.41) is 7.15. The number of H-pyrrole nitrogens is 1. The van der Waals surface area contributed by atoms with Crippen LogP contribution >= 0.6 is 0 Å². The fraction of sp³-hybridized carbons (Fsp3) is 0.500. The number of nitrogens with one attached hydrogen (secondary N) is 1. The van der Waals surface area contributed by atoms with Gasteiger partial charge in [0.05, 0.1) is 17.4 Å².